The molecule has 5 heteroatoms. The van der Waals surface area contributed by atoms with Crippen LogP contribution < -0.4 is 10.4 Å². The Bertz CT molecular complexity index is 848. The summed E-state index contributed by atoms with van der Waals surface area (Å²) in [6.45, 7) is 14.9. The van der Waals surface area contributed by atoms with E-state index in [1.807, 2.05) is 12.1 Å². The maximum Gasteiger partial charge on any atom is 0.309 e. The van der Waals surface area contributed by atoms with Crippen LogP contribution in [0.4, 0.5) is 0 Å². The number of ketones is 1. The number of rotatable bonds is 11. The number of carbonyl (C=O) groups is 2. The van der Waals surface area contributed by atoms with Crippen LogP contribution in [0, 0.1) is 17.8 Å². The predicted molar refractivity (Wildman–Crippen MR) is 137 cm³/mol. The Morgan fingerprint density at radius 3 is 1.76 bits per heavy atom. The fourth-order valence-corrected chi connectivity index (χ4v) is 9.32. The molecule has 2 aromatic carbocycles. The molecule has 2 atom stereocenters. The molecule has 0 saturated heterocycles. The van der Waals surface area contributed by atoms with Crippen LogP contribution in [0.2, 0.25) is 5.04 Å². The van der Waals surface area contributed by atoms with Gasteiger partial charge in [0.25, 0.3) is 8.32 Å². The summed E-state index contributed by atoms with van der Waals surface area (Å²) in [5.74, 6) is -0.811. The van der Waals surface area contributed by atoms with Gasteiger partial charge >= 0.3 is 5.97 Å². The quantitative estimate of drug-likeness (QED) is 0.344. The lowest BCUT2D eigenvalue weighted by Crippen LogP contribution is -2.67. The number of carbonyl (C=O) groups excluding carboxylic acids is 2. The van der Waals surface area contributed by atoms with Gasteiger partial charge in [0.05, 0.1) is 12.5 Å². The number of ether oxygens (including phenoxy) is 1. The van der Waals surface area contributed by atoms with E-state index in [0.717, 1.165) is 0 Å². The van der Waals surface area contributed by atoms with E-state index >= 15 is 0 Å². The molecule has 0 unspecified atom stereocenters. The minimum atomic E-state index is -2.73. The SMILES string of the molecule is CCOC(=O)[C@@H](CC(C)=O)[C@H](CO[Si](c1ccccc1)(c1ccccc1)C(C)(C)C)C(C)C. The normalized spacial score (nSPS) is 14.1. The Hall–Kier alpha value is -2.24. The molecular weight excluding hydrogens is 428 g/mol. The molecule has 33 heavy (non-hydrogen) atoms. The average molecular weight is 469 g/mol. The molecule has 2 aromatic rings. The van der Waals surface area contributed by atoms with Crippen molar-refractivity contribution < 1.29 is 18.8 Å². The van der Waals surface area contributed by atoms with Gasteiger partial charge in [0.1, 0.15) is 5.78 Å². The van der Waals surface area contributed by atoms with Crippen LogP contribution in [-0.2, 0) is 18.8 Å². The number of hydrogen-bond acceptors (Lipinski definition) is 4. The summed E-state index contributed by atoms with van der Waals surface area (Å²) in [6.07, 6.45) is 0.172. The lowest BCUT2D eigenvalue weighted by atomic mass is 9.81. The molecule has 0 bridgehead atoms. The molecule has 0 radical (unpaired) electrons. The fraction of sp³-hybridized carbons (Fsp3) is 0.500. The van der Waals surface area contributed by atoms with E-state index in [9.17, 15) is 9.59 Å². The molecular formula is C28H40O4Si. The molecule has 0 N–H and O–H groups in total. The standard InChI is InChI=1S/C28H40O4Si/c1-8-31-27(30)25(19-22(4)29)26(21(2)3)20-32-33(28(5,6)7,23-15-11-9-12-16-23)24-17-13-10-14-18-24/h9-18,21,25-26H,8,19-20H2,1-7H3/t25-,26+/m0/s1. The summed E-state index contributed by atoms with van der Waals surface area (Å²) < 4.78 is 12.5. The minimum Gasteiger partial charge on any atom is -0.466 e. The largest absolute Gasteiger partial charge is 0.466 e. The van der Waals surface area contributed by atoms with E-state index in [1.54, 1.807) is 6.92 Å². The zero-order chi connectivity index (χ0) is 24.6. The second-order valence-corrected chi connectivity index (χ2v) is 14.5. The molecule has 0 fully saturated rings. The minimum absolute atomic E-state index is 0.0100. The highest BCUT2D eigenvalue weighted by Gasteiger charge is 2.51. The Kier molecular flexibility index (Phi) is 9.62. The molecule has 4 nitrogen and oxygen atoms in total. The zero-order valence-electron chi connectivity index (χ0n) is 21.3. The van der Waals surface area contributed by atoms with Crippen molar-refractivity contribution in [1.82, 2.24) is 0 Å². The highest BCUT2D eigenvalue weighted by Crippen LogP contribution is 2.38. The van der Waals surface area contributed by atoms with Gasteiger partial charge in [-0.05, 0) is 41.1 Å². The van der Waals surface area contributed by atoms with Gasteiger partial charge in [0.15, 0.2) is 0 Å². The molecule has 0 saturated carbocycles. The van der Waals surface area contributed by atoms with Gasteiger partial charge < -0.3 is 14.0 Å². The lowest BCUT2D eigenvalue weighted by Gasteiger charge is -2.44. The summed E-state index contributed by atoms with van der Waals surface area (Å²) in [7, 11) is -2.73. The molecule has 0 spiro atoms. The number of esters is 1. The van der Waals surface area contributed by atoms with Crippen LogP contribution in [0.3, 0.4) is 0 Å². The number of benzene rings is 2. The third-order valence-electron chi connectivity index (χ3n) is 6.38. The van der Waals surface area contributed by atoms with Gasteiger partial charge in [-0.3, -0.25) is 4.79 Å². The van der Waals surface area contributed by atoms with Crippen LogP contribution in [0.15, 0.2) is 60.7 Å². The summed E-state index contributed by atoms with van der Waals surface area (Å²) in [4.78, 5) is 24.9. The van der Waals surface area contributed by atoms with Crippen molar-refractivity contribution in [2.45, 2.75) is 59.9 Å². The maximum absolute atomic E-state index is 12.9. The van der Waals surface area contributed by atoms with Gasteiger partial charge in [-0.2, -0.15) is 0 Å². The van der Waals surface area contributed by atoms with E-state index in [4.69, 9.17) is 9.16 Å². The van der Waals surface area contributed by atoms with Gasteiger partial charge in [0, 0.05) is 13.0 Å². The topological polar surface area (TPSA) is 52.6 Å². The molecule has 0 aliphatic carbocycles. The predicted octanol–water partition coefficient (Wildman–Crippen LogP) is 4.99. The van der Waals surface area contributed by atoms with Crippen molar-refractivity contribution in [1.29, 1.82) is 0 Å². The van der Waals surface area contributed by atoms with E-state index in [-0.39, 0.29) is 35.0 Å². The summed E-state index contributed by atoms with van der Waals surface area (Å²) in [5.41, 5.74) is 0. The van der Waals surface area contributed by atoms with Crippen LogP contribution >= 0.6 is 0 Å². The molecule has 0 aromatic heterocycles. The highest BCUT2D eigenvalue weighted by molar-refractivity contribution is 6.99. The van der Waals surface area contributed by atoms with Crippen molar-refractivity contribution in [2.24, 2.45) is 17.8 Å². The first kappa shape index (κ1) is 27.0. The van der Waals surface area contributed by atoms with Crippen molar-refractivity contribution in [3.63, 3.8) is 0 Å². The van der Waals surface area contributed by atoms with Gasteiger partial charge in [0.2, 0.25) is 0 Å². The van der Waals surface area contributed by atoms with E-state index in [2.05, 4.69) is 83.1 Å². The molecule has 0 heterocycles. The number of hydrogen-bond donors (Lipinski definition) is 0. The summed E-state index contributed by atoms with van der Waals surface area (Å²) in [5, 5.41) is 2.24. The number of Topliss-reactive ketones (excluding diaryl/α,β-unsaturated/α-hetero) is 1. The van der Waals surface area contributed by atoms with E-state index in [1.165, 1.54) is 17.3 Å². The van der Waals surface area contributed by atoms with Crippen molar-refractivity contribution >= 4 is 30.4 Å². The zero-order valence-corrected chi connectivity index (χ0v) is 22.3. The van der Waals surface area contributed by atoms with Crippen LogP contribution in [-0.4, -0.2) is 33.3 Å². The Morgan fingerprint density at radius 1 is 0.909 bits per heavy atom. The molecule has 0 amide bonds. The first-order valence-corrected chi connectivity index (χ1v) is 13.9. The second kappa shape index (κ2) is 11.8. The van der Waals surface area contributed by atoms with Crippen molar-refractivity contribution in [3.05, 3.63) is 60.7 Å². The van der Waals surface area contributed by atoms with Crippen LogP contribution in [0.1, 0.15) is 54.9 Å². The summed E-state index contributed by atoms with van der Waals surface area (Å²) >= 11 is 0. The van der Waals surface area contributed by atoms with Crippen LogP contribution in [0.5, 0.6) is 0 Å². The third kappa shape index (κ3) is 6.42. The lowest BCUT2D eigenvalue weighted by molar-refractivity contribution is -0.153. The summed E-state index contributed by atoms with van der Waals surface area (Å²) in [6, 6.07) is 20.9. The van der Waals surface area contributed by atoms with Gasteiger partial charge in [-0.25, -0.2) is 0 Å². The fourth-order valence-electron chi connectivity index (χ4n) is 4.72. The van der Waals surface area contributed by atoms with Crippen LogP contribution in [0.25, 0.3) is 0 Å². The van der Waals surface area contributed by atoms with E-state index < -0.39 is 14.2 Å². The first-order chi connectivity index (χ1) is 15.5. The third-order valence-corrected chi connectivity index (χ3v) is 11.4. The smallest absolute Gasteiger partial charge is 0.309 e. The molecule has 0 aliphatic heterocycles. The van der Waals surface area contributed by atoms with Crippen molar-refractivity contribution in [2.75, 3.05) is 13.2 Å². The Labute approximate surface area is 200 Å². The molecule has 180 valence electrons. The molecule has 0 aliphatic rings. The Balaban J connectivity index is 2.56. The maximum atomic E-state index is 12.9. The van der Waals surface area contributed by atoms with Gasteiger partial charge in [-0.15, -0.1) is 0 Å². The monoisotopic (exact) mass is 468 g/mol. The Morgan fingerprint density at radius 2 is 1.39 bits per heavy atom. The highest BCUT2D eigenvalue weighted by atomic mass is 28.4. The second-order valence-electron chi connectivity index (χ2n) is 10.1. The van der Waals surface area contributed by atoms with Gasteiger partial charge in [-0.1, -0.05) is 95.3 Å². The first-order valence-electron chi connectivity index (χ1n) is 12.0. The van der Waals surface area contributed by atoms with E-state index in [0.29, 0.717) is 13.2 Å². The average Bonchev–Trinajstić information content (AvgIpc) is 2.76. The molecule has 2 rings (SSSR count). The van der Waals surface area contributed by atoms with Crippen molar-refractivity contribution in [3.8, 4) is 0 Å².